The van der Waals surface area contributed by atoms with Gasteiger partial charge in [0.1, 0.15) is 0 Å². The fourth-order valence-electron chi connectivity index (χ4n) is 1.77. The summed E-state index contributed by atoms with van der Waals surface area (Å²) in [6, 6.07) is 0. The van der Waals surface area contributed by atoms with E-state index in [4.69, 9.17) is 9.47 Å². The van der Waals surface area contributed by atoms with Crippen LogP contribution in [-0.4, -0.2) is 51.0 Å². The van der Waals surface area contributed by atoms with Crippen LogP contribution in [0.3, 0.4) is 0 Å². The Bertz CT molecular complexity index is 255. The monoisotopic (exact) mass is 257 g/mol. The van der Waals surface area contributed by atoms with Crippen LogP contribution >= 0.6 is 0 Å². The zero-order valence-corrected chi connectivity index (χ0v) is 12.1. The maximum absolute atomic E-state index is 5.57. The largest absolute Gasteiger partial charge is 0.377 e. The molecule has 0 amide bonds. The second kappa shape index (κ2) is 7.59. The molecule has 0 aliphatic carbocycles. The summed E-state index contributed by atoms with van der Waals surface area (Å²) >= 11 is 0. The van der Waals surface area contributed by atoms with Gasteiger partial charge in [-0.3, -0.25) is 4.99 Å². The first-order valence-electron chi connectivity index (χ1n) is 6.69. The van der Waals surface area contributed by atoms with Gasteiger partial charge in [-0.25, -0.2) is 0 Å². The van der Waals surface area contributed by atoms with E-state index in [0.717, 1.165) is 32.0 Å². The molecule has 5 nitrogen and oxygen atoms in total. The molecule has 0 saturated carbocycles. The van der Waals surface area contributed by atoms with E-state index in [0.29, 0.717) is 19.3 Å². The predicted molar refractivity (Wildman–Crippen MR) is 74.0 cm³/mol. The maximum Gasteiger partial charge on any atom is 0.191 e. The summed E-state index contributed by atoms with van der Waals surface area (Å²) in [5, 5.41) is 6.52. The number of guanidine groups is 1. The Morgan fingerprint density at radius 1 is 1.44 bits per heavy atom. The van der Waals surface area contributed by atoms with Crippen molar-refractivity contribution in [1.82, 2.24) is 10.6 Å². The zero-order valence-electron chi connectivity index (χ0n) is 12.1. The first-order chi connectivity index (χ1) is 8.51. The van der Waals surface area contributed by atoms with Crippen molar-refractivity contribution < 1.29 is 9.47 Å². The van der Waals surface area contributed by atoms with Gasteiger partial charge in [-0.05, 0) is 33.6 Å². The van der Waals surface area contributed by atoms with Gasteiger partial charge in [0.05, 0.1) is 19.3 Å². The molecule has 18 heavy (non-hydrogen) atoms. The van der Waals surface area contributed by atoms with Crippen molar-refractivity contribution in [2.24, 2.45) is 4.99 Å². The maximum atomic E-state index is 5.57. The Balaban J connectivity index is 2.05. The van der Waals surface area contributed by atoms with Gasteiger partial charge in [0.15, 0.2) is 5.96 Å². The summed E-state index contributed by atoms with van der Waals surface area (Å²) in [4.78, 5) is 4.16. The lowest BCUT2D eigenvalue weighted by atomic mass is 10.1. The van der Waals surface area contributed by atoms with Crippen LogP contribution in [-0.2, 0) is 9.47 Å². The van der Waals surface area contributed by atoms with E-state index in [9.17, 15) is 0 Å². The van der Waals surface area contributed by atoms with Crippen molar-refractivity contribution in [2.45, 2.75) is 45.3 Å². The third-order valence-corrected chi connectivity index (χ3v) is 2.58. The molecule has 1 aliphatic heterocycles. The number of ether oxygens (including phenoxy) is 2. The molecule has 0 aromatic heterocycles. The van der Waals surface area contributed by atoms with Gasteiger partial charge in [0.25, 0.3) is 0 Å². The van der Waals surface area contributed by atoms with Crippen molar-refractivity contribution in [1.29, 1.82) is 0 Å². The van der Waals surface area contributed by atoms with Crippen LogP contribution in [0.25, 0.3) is 0 Å². The molecule has 106 valence electrons. The third-order valence-electron chi connectivity index (χ3n) is 2.58. The summed E-state index contributed by atoms with van der Waals surface area (Å²) in [7, 11) is 1.77. The molecule has 1 heterocycles. The molecule has 0 radical (unpaired) electrons. The minimum atomic E-state index is 0.0143. The number of nitrogens with zero attached hydrogens (tertiary/aromatic N) is 1. The van der Waals surface area contributed by atoms with Crippen molar-refractivity contribution >= 4 is 5.96 Å². The fourth-order valence-corrected chi connectivity index (χ4v) is 1.77. The van der Waals surface area contributed by atoms with E-state index in [1.165, 1.54) is 0 Å². The third kappa shape index (κ3) is 6.81. The second-order valence-electron chi connectivity index (χ2n) is 5.58. The van der Waals surface area contributed by atoms with Crippen LogP contribution in [0.1, 0.15) is 33.6 Å². The summed E-state index contributed by atoms with van der Waals surface area (Å²) in [5.74, 6) is 0.809. The van der Waals surface area contributed by atoms with Crippen molar-refractivity contribution in [3.8, 4) is 0 Å². The molecule has 1 rings (SSSR count). The van der Waals surface area contributed by atoms with E-state index in [-0.39, 0.29) is 5.54 Å². The summed E-state index contributed by atoms with van der Waals surface area (Å²) in [6.45, 7) is 9.32. The topological polar surface area (TPSA) is 54.9 Å². The van der Waals surface area contributed by atoms with E-state index in [1.54, 1.807) is 7.05 Å². The molecule has 1 aliphatic rings. The Morgan fingerprint density at radius 2 is 2.22 bits per heavy atom. The molecule has 1 atom stereocenters. The zero-order chi connectivity index (χ0) is 13.4. The first-order valence-corrected chi connectivity index (χ1v) is 6.69. The van der Waals surface area contributed by atoms with Crippen molar-refractivity contribution in [3.05, 3.63) is 0 Å². The lowest BCUT2D eigenvalue weighted by Gasteiger charge is -2.23. The number of hydrogen-bond acceptors (Lipinski definition) is 3. The van der Waals surface area contributed by atoms with Gasteiger partial charge in [-0.2, -0.15) is 0 Å². The number of hydrogen-bond donors (Lipinski definition) is 2. The minimum Gasteiger partial charge on any atom is -0.377 e. The highest BCUT2D eigenvalue weighted by Gasteiger charge is 2.15. The van der Waals surface area contributed by atoms with Crippen LogP contribution < -0.4 is 10.6 Å². The van der Waals surface area contributed by atoms with Crippen LogP contribution in [0.15, 0.2) is 4.99 Å². The van der Waals surface area contributed by atoms with Crippen LogP contribution in [0.5, 0.6) is 0 Å². The molecule has 5 heteroatoms. The average Bonchev–Trinajstić information content (AvgIpc) is 2.78. The van der Waals surface area contributed by atoms with E-state index >= 15 is 0 Å². The molecule has 0 aromatic rings. The van der Waals surface area contributed by atoms with Crippen LogP contribution in [0, 0.1) is 0 Å². The number of nitrogens with one attached hydrogen (secondary N) is 2. The Kier molecular flexibility index (Phi) is 6.43. The molecular weight excluding hydrogens is 230 g/mol. The summed E-state index contributed by atoms with van der Waals surface area (Å²) in [5.41, 5.74) is 0.0143. The SMILES string of the molecule is CN=C(NCCOCC1CCCO1)NC(C)(C)C. The van der Waals surface area contributed by atoms with Crippen molar-refractivity contribution in [3.63, 3.8) is 0 Å². The minimum absolute atomic E-state index is 0.0143. The normalized spacial score (nSPS) is 21.1. The molecular formula is C13H27N3O2. The lowest BCUT2D eigenvalue weighted by Crippen LogP contribution is -2.48. The Morgan fingerprint density at radius 3 is 2.78 bits per heavy atom. The molecule has 2 N–H and O–H groups in total. The molecule has 0 spiro atoms. The van der Waals surface area contributed by atoms with Crippen molar-refractivity contribution in [2.75, 3.05) is 33.4 Å². The van der Waals surface area contributed by atoms with Gasteiger partial charge in [0, 0.05) is 25.7 Å². The molecule has 0 bridgehead atoms. The quantitative estimate of drug-likeness (QED) is 0.441. The highest BCUT2D eigenvalue weighted by molar-refractivity contribution is 5.80. The Labute approximate surface area is 110 Å². The first kappa shape index (κ1) is 15.2. The van der Waals surface area contributed by atoms with E-state index < -0.39 is 0 Å². The second-order valence-corrected chi connectivity index (χ2v) is 5.58. The average molecular weight is 257 g/mol. The van der Waals surface area contributed by atoms with Gasteiger partial charge in [-0.1, -0.05) is 0 Å². The smallest absolute Gasteiger partial charge is 0.191 e. The van der Waals surface area contributed by atoms with Gasteiger partial charge in [0.2, 0.25) is 0 Å². The standard InChI is InChI=1S/C13H27N3O2/c1-13(2,3)16-12(14-4)15-7-9-17-10-11-6-5-8-18-11/h11H,5-10H2,1-4H3,(H2,14,15,16). The van der Waals surface area contributed by atoms with Gasteiger partial charge < -0.3 is 20.1 Å². The molecule has 1 saturated heterocycles. The van der Waals surface area contributed by atoms with Crippen LogP contribution in [0.4, 0.5) is 0 Å². The molecule has 0 aromatic carbocycles. The molecule has 1 fully saturated rings. The predicted octanol–water partition coefficient (Wildman–Crippen LogP) is 1.15. The highest BCUT2D eigenvalue weighted by atomic mass is 16.5. The summed E-state index contributed by atoms with van der Waals surface area (Å²) in [6.07, 6.45) is 2.59. The van der Waals surface area contributed by atoms with Gasteiger partial charge >= 0.3 is 0 Å². The van der Waals surface area contributed by atoms with E-state index in [2.05, 4.69) is 36.4 Å². The number of rotatable bonds is 5. The van der Waals surface area contributed by atoms with Gasteiger partial charge in [-0.15, -0.1) is 0 Å². The van der Waals surface area contributed by atoms with Crippen LogP contribution in [0.2, 0.25) is 0 Å². The Hall–Kier alpha value is -0.810. The van der Waals surface area contributed by atoms with E-state index in [1.807, 2.05) is 0 Å². The molecule has 1 unspecified atom stereocenters. The lowest BCUT2D eigenvalue weighted by molar-refractivity contribution is 0.0191. The summed E-state index contributed by atoms with van der Waals surface area (Å²) < 4.78 is 11.1. The fraction of sp³-hybridized carbons (Fsp3) is 0.923. The highest BCUT2D eigenvalue weighted by Crippen LogP contribution is 2.11. The number of aliphatic imine (C=N–C) groups is 1.